The van der Waals surface area contributed by atoms with Crippen LogP contribution >= 0.6 is 0 Å². The number of alkyl carbamates (subject to hydrolysis) is 1. The van der Waals surface area contributed by atoms with Gasteiger partial charge in [0.1, 0.15) is 11.6 Å². The van der Waals surface area contributed by atoms with Gasteiger partial charge in [-0.05, 0) is 55.2 Å². The molecule has 28 heavy (non-hydrogen) atoms. The summed E-state index contributed by atoms with van der Waals surface area (Å²) in [7, 11) is 0. The second-order valence-corrected chi connectivity index (χ2v) is 6.74. The molecular weight excluding hydrogens is 363 g/mol. The Morgan fingerprint density at radius 2 is 1.89 bits per heavy atom. The molecule has 1 aliphatic heterocycles. The number of halogens is 1. The minimum Gasteiger partial charge on any atom is -0.439 e. The molecule has 2 amide bonds. The van der Waals surface area contributed by atoms with Gasteiger partial charge in [-0.2, -0.15) is 0 Å². The van der Waals surface area contributed by atoms with Crippen LogP contribution in [-0.2, 0) is 9.53 Å². The van der Waals surface area contributed by atoms with Gasteiger partial charge in [0.2, 0.25) is 0 Å². The zero-order chi connectivity index (χ0) is 19.9. The average molecular weight is 386 g/mol. The van der Waals surface area contributed by atoms with E-state index in [1.54, 1.807) is 12.1 Å². The van der Waals surface area contributed by atoms with Gasteiger partial charge in [0.05, 0.1) is 5.69 Å². The number of ether oxygens (including phenoxy) is 1. The number of piperidine rings is 1. The highest BCUT2D eigenvalue weighted by atomic mass is 19.1. The molecule has 8 heteroatoms. The number of nitrogens with two attached hydrogens (primary N) is 1. The normalized spacial score (nSPS) is 14.5. The van der Waals surface area contributed by atoms with Gasteiger partial charge in [0.25, 0.3) is 5.91 Å². The Labute approximate surface area is 162 Å². The van der Waals surface area contributed by atoms with Crippen molar-refractivity contribution in [3.05, 3.63) is 48.3 Å². The largest absolute Gasteiger partial charge is 0.439 e. The zero-order valence-electron chi connectivity index (χ0n) is 15.4. The number of anilines is 1. The van der Waals surface area contributed by atoms with E-state index >= 15 is 0 Å². The Balaban J connectivity index is 1.51. The summed E-state index contributed by atoms with van der Waals surface area (Å²) in [6, 6.07) is 12.1. The monoisotopic (exact) mass is 386 g/mol. The highest BCUT2D eigenvalue weighted by Crippen LogP contribution is 2.25. The molecule has 1 fully saturated rings. The number of amides is 2. The molecule has 1 aromatic carbocycles. The molecule has 0 spiro atoms. The maximum absolute atomic E-state index is 13.1. The summed E-state index contributed by atoms with van der Waals surface area (Å²) >= 11 is 0. The quantitative estimate of drug-likeness (QED) is 0.794. The number of primary amides is 1. The third-order valence-electron chi connectivity index (χ3n) is 4.69. The van der Waals surface area contributed by atoms with E-state index in [0.717, 1.165) is 43.0 Å². The van der Waals surface area contributed by atoms with Crippen molar-refractivity contribution in [2.75, 3.05) is 31.1 Å². The van der Waals surface area contributed by atoms with Crippen LogP contribution in [0.15, 0.2) is 42.5 Å². The molecule has 0 unspecified atom stereocenters. The van der Waals surface area contributed by atoms with Crippen LogP contribution < -0.4 is 16.0 Å². The lowest BCUT2D eigenvalue weighted by molar-refractivity contribution is -0.120. The van der Waals surface area contributed by atoms with Gasteiger partial charge in [0.15, 0.2) is 6.61 Å². The van der Waals surface area contributed by atoms with Crippen LogP contribution in [-0.4, -0.2) is 43.2 Å². The predicted molar refractivity (Wildman–Crippen MR) is 103 cm³/mol. The molecule has 7 nitrogen and oxygen atoms in total. The van der Waals surface area contributed by atoms with E-state index in [0.29, 0.717) is 12.5 Å². The lowest BCUT2D eigenvalue weighted by Gasteiger charge is -2.33. The first-order valence-corrected chi connectivity index (χ1v) is 9.18. The Morgan fingerprint density at radius 1 is 1.18 bits per heavy atom. The van der Waals surface area contributed by atoms with Crippen LogP contribution in [0.4, 0.5) is 15.0 Å². The van der Waals surface area contributed by atoms with Gasteiger partial charge in [-0.25, -0.2) is 14.2 Å². The Hall–Kier alpha value is -3.16. The van der Waals surface area contributed by atoms with Gasteiger partial charge in [0, 0.05) is 25.2 Å². The highest BCUT2D eigenvalue weighted by Gasteiger charge is 2.21. The van der Waals surface area contributed by atoms with Crippen molar-refractivity contribution in [3.63, 3.8) is 0 Å². The number of rotatable bonds is 6. The molecule has 3 N–H and O–H groups in total. The number of benzene rings is 1. The number of hydrogen-bond donors (Lipinski definition) is 2. The highest BCUT2D eigenvalue weighted by molar-refractivity contribution is 5.78. The molecule has 0 saturated carbocycles. The minimum atomic E-state index is -0.682. The van der Waals surface area contributed by atoms with Crippen molar-refractivity contribution in [3.8, 4) is 11.3 Å². The summed E-state index contributed by atoms with van der Waals surface area (Å²) in [6.45, 7) is 1.72. The smallest absolute Gasteiger partial charge is 0.407 e. The molecular formula is C20H23FN4O3. The number of nitrogens with zero attached hydrogens (tertiary/aromatic N) is 2. The molecule has 0 bridgehead atoms. The molecule has 2 aromatic rings. The maximum Gasteiger partial charge on any atom is 0.407 e. The predicted octanol–water partition coefficient (Wildman–Crippen LogP) is 2.32. The molecule has 1 aliphatic rings. The summed E-state index contributed by atoms with van der Waals surface area (Å²) in [4.78, 5) is 29.0. The van der Waals surface area contributed by atoms with Crippen LogP contribution in [0, 0.1) is 11.7 Å². The number of aromatic nitrogens is 1. The van der Waals surface area contributed by atoms with Crippen molar-refractivity contribution >= 4 is 17.8 Å². The topological polar surface area (TPSA) is 97.6 Å². The first-order chi connectivity index (χ1) is 13.5. The van der Waals surface area contributed by atoms with Crippen LogP contribution in [0.5, 0.6) is 0 Å². The Kier molecular flexibility index (Phi) is 6.41. The van der Waals surface area contributed by atoms with Crippen molar-refractivity contribution < 1.29 is 18.7 Å². The zero-order valence-corrected chi connectivity index (χ0v) is 15.4. The van der Waals surface area contributed by atoms with E-state index in [1.165, 1.54) is 12.1 Å². The van der Waals surface area contributed by atoms with Gasteiger partial charge in [-0.1, -0.05) is 6.07 Å². The molecule has 3 rings (SSSR count). The summed E-state index contributed by atoms with van der Waals surface area (Å²) < 4.78 is 17.8. The summed E-state index contributed by atoms with van der Waals surface area (Å²) in [5.74, 6) is 0.264. The van der Waals surface area contributed by atoms with Crippen molar-refractivity contribution in [2.24, 2.45) is 11.7 Å². The van der Waals surface area contributed by atoms with E-state index < -0.39 is 18.6 Å². The second kappa shape index (κ2) is 9.16. The Bertz CT molecular complexity index is 820. The number of pyridine rings is 1. The van der Waals surface area contributed by atoms with Crippen molar-refractivity contribution in [2.45, 2.75) is 12.8 Å². The number of nitrogens with one attached hydrogen (secondary N) is 1. The summed E-state index contributed by atoms with van der Waals surface area (Å²) in [5, 5.41) is 2.66. The first-order valence-electron chi connectivity index (χ1n) is 9.18. The summed E-state index contributed by atoms with van der Waals surface area (Å²) in [5.41, 5.74) is 6.61. The third kappa shape index (κ3) is 5.42. The lowest BCUT2D eigenvalue weighted by atomic mass is 9.97. The standard InChI is InChI=1S/C20H23FN4O3/c21-16-6-4-15(5-7-16)17-2-1-3-19(24-17)25-10-8-14(9-11-25)12-23-20(27)28-13-18(22)26/h1-7,14H,8-13H2,(H2,22,26)(H,23,27). The lowest BCUT2D eigenvalue weighted by Crippen LogP contribution is -2.39. The van der Waals surface area contributed by atoms with Crippen LogP contribution in [0.3, 0.4) is 0 Å². The van der Waals surface area contributed by atoms with E-state index in [1.807, 2.05) is 18.2 Å². The SMILES string of the molecule is NC(=O)COC(=O)NCC1CCN(c2cccc(-c3ccc(F)cc3)n2)CC1. The van der Waals surface area contributed by atoms with Crippen LogP contribution in [0.2, 0.25) is 0 Å². The fraction of sp³-hybridized carbons (Fsp3) is 0.350. The van der Waals surface area contributed by atoms with E-state index in [4.69, 9.17) is 10.7 Å². The molecule has 0 radical (unpaired) electrons. The van der Waals surface area contributed by atoms with Crippen LogP contribution in [0.25, 0.3) is 11.3 Å². The molecule has 1 aromatic heterocycles. The fourth-order valence-corrected chi connectivity index (χ4v) is 3.16. The number of hydrogen-bond acceptors (Lipinski definition) is 5. The third-order valence-corrected chi connectivity index (χ3v) is 4.69. The van der Waals surface area contributed by atoms with Gasteiger partial charge < -0.3 is 20.7 Å². The minimum absolute atomic E-state index is 0.269. The van der Waals surface area contributed by atoms with E-state index in [2.05, 4.69) is 15.0 Å². The summed E-state index contributed by atoms with van der Waals surface area (Å²) in [6.07, 6.45) is 1.17. The molecule has 0 atom stereocenters. The second-order valence-electron chi connectivity index (χ2n) is 6.74. The van der Waals surface area contributed by atoms with Crippen molar-refractivity contribution in [1.82, 2.24) is 10.3 Å². The van der Waals surface area contributed by atoms with Gasteiger partial charge in [-0.15, -0.1) is 0 Å². The van der Waals surface area contributed by atoms with Crippen LogP contribution in [0.1, 0.15) is 12.8 Å². The van der Waals surface area contributed by atoms with E-state index in [-0.39, 0.29) is 5.82 Å². The maximum atomic E-state index is 13.1. The Morgan fingerprint density at radius 3 is 2.57 bits per heavy atom. The van der Waals surface area contributed by atoms with E-state index in [9.17, 15) is 14.0 Å². The molecule has 1 saturated heterocycles. The number of carbonyl (C=O) groups excluding carboxylic acids is 2. The first kappa shape index (κ1) is 19.6. The fourth-order valence-electron chi connectivity index (χ4n) is 3.16. The average Bonchev–Trinajstić information content (AvgIpc) is 2.72. The molecule has 0 aliphatic carbocycles. The number of carbonyl (C=O) groups is 2. The molecule has 148 valence electrons. The van der Waals surface area contributed by atoms with Gasteiger partial charge in [-0.3, -0.25) is 4.79 Å². The van der Waals surface area contributed by atoms with Gasteiger partial charge >= 0.3 is 6.09 Å². The van der Waals surface area contributed by atoms with Crippen molar-refractivity contribution in [1.29, 1.82) is 0 Å². The molecule has 2 heterocycles.